The lowest BCUT2D eigenvalue weighted by atomic mass is 9.95. The number of pyridine rings is 1. The van der Waals surface area contributed by atoms with Crippen molar-refractivity contribution in [3.63, 3.8) is 0 Å². The molecule has 1 aliphatic heterocycles. The number of nitrogens with zero attached hydrogens (tertiary/aromatic N) is 1. The molecule has 0 aliphatic carbocycles. The number of benzene rings is 1. The zero-order valence-corrected chi connectivity index (χ0v) is 11.5. The molecule has 0 amide bonds. The Morgan fingerprint density at radius 3 is 2.90 bits per heavy atom. The summed E-state index contributed by atoms with van der Waals surface area (Å²) >= 11 is 0. The van der Waals surface area contributed by atoms with Crippen LogP contribution in [0.5, 0.6) is 5.75 Å². The van der Waals surface area contributed by atoms with Gasteiger partial charge < -0.3 is 9.72 Å². The number of aromatic nitrogens is 1. The van der Waals surface area contributed by atoms with Gasteiger partial charge in [0.15, 0.2) is 0 Å². The van der Waals surface area contributed by atoms with Crippen LogP contribution in [-0.4, -0.2) is 11.6 Å². The van der Waals surface area contributed by atoms with Crippen molar-refractivity contribution in [2.24, 2.45) is 0 Å². The van der Waals surface area contributed by atoms with Crippen LogP contribution in [0.25, 0.3) is 11.1 Å². The van der Waals surface area contributed by atoms with Gasteiger partial charge in [0.1, 0.15) is 23.2 Å². The summed E-state index contributed by atoms with van der Waals surface area (Å²) in [6, 6.07) is 6.33. The highest BCUT2D eigenvalue weighted by molar-refractivity contribution is 5.77. The molecule has 2 heterocycles. The molecule has 3 rings (SSSR count). The molecule has 4 nitrogen and oxygen atoms in total. The number of ether oxygens (including phenoxy) is 1. The van der Waals surface area contributed by atoms with Crippen molar-refractivity contribution < 1.29 is 9.13 Å². The van der Waals surface area contributed by atoms with Crippen LogP contribution in [-0.2, 0) is 6.42 Å². The van der Waals surface area contributed by atoms with Gasteiger partial charge in [-0.2, -0.15) is 5.26 Å². The monoisotopic (exact) mass is 284 g/mol. The first-order chi connectivity index (χ1) is 10.1. The molecule has 1 N–H and O–H groups in total. The van der Waals surface area contributed by atoms with Crippen LogP contribution < -0.4 is 10.3 Å². The molecule has 106 valence electrons. The molecular weight excluding hydrogens is 271 g/mol. The largest absolute Gasteiger partial charge is 0.493 e. The number of hydrogen-bond acceptors (Lipinski definition) is 3. The van der Waals surface area contributed by atoms with E-state index >= 15 is 0 Å². The molecule has 1 aromatic heterocycles. The maximum absolute atomic E-state index is 13.9. The molecule has 0 fully saturated rings. The van der Waals surface area contributed by atoms with Crippen LogP contribution >= 0.6 is 0 Å². The van der Waals surface area contributed by atoms with E-state index in [0.29, 0.717) is 29.2 Å². The molecule has 1 aromatic carbocycles. The Morgan fingerprint density at radius 2 is 2.14 bits per heavy atom. The van der Waals surface area contributed by atoms with E-state index in [4.69, 9.17) is 4.74 Å². The Labute approximate surface area is 120 Å². The van der Waals surface area contributed by atoms with Crippen LogP contribution in [0.1, 0.15) is 23.2 Å². The van der Waals surface area contributed by atoms with Gasteiger partial charge in [-0.1, -0.05) is 0 Å². The molecule has 0 bridgehead atoms. The number of nitriles is 1. The van der Waals surface area contributed by atoms with Crippen molar-refractivity contribution in [3.8, 4) is 22.9 Å². The second-order valence-electron chi connectivity index (χ2n) is 5.08. The van der Waals surface area contributed by atoms with Gasteiger partial charge in [-0.05, 0) is 43.5 Å². The molecule has 0 saturated heterocycles. The van der Waals surface area contributed by atoms with Crippen LogP contribution in [0.4, 0.5) is 4.39 Å². The SMILES string of the molecule is Cc1cc(-c2cc(F)cc3c2OCCC3)c(C#N)c(=O)[nH]1. The number of fused-ring (bicyclic) bond motifs is 1. The topological polar surface area (TPSA) is 65.9 Å². The molecule has 5 heteroatoms. The third kappa shape index (κ3) is 2.29. The zero-order chi connectivity index (χ0) is 15.0. The third-order valence-corrected chi connectivity index (χ3v) is 3.54. The van der Waals surface area contributed by atoms with Crippen LogP contribution in [0, 0.1) is 24.1 Å². The Morgan fingerprint density at radius 1 is 1.33 bits per heavy atom. The van der Waals surface area contributed by atoms with Crippen molar-refractivity contribution in [3.05, 3.63) is 51.2 Å². The predicted octanol–water partition coefficient (Wildman–Crippen LogP) is 2.69. The average Bonchev–Trinajstić information content (AvgIpc) is 2.45. The lowest BCUT2D eigenvalue weighted by molar-refractivity contribution is 0.289. The van der Waals surface area contributed by atoms with Gasteiger partial charge in [0.05, 0.1) is 6.61 Å². The van der Waals surface area contributed by atoms with Gasteiger partial charge >= 0.3 is 0 Å². The quantitative estimate of drug-likeness (QED) is 0.875. The molecular formula is C16H13FN2O2. The van der Waals surface area contributed by atoms with E-state index < -0.39 is 11.4 Å². The Balaban J connectivity index is 2.34. The molecule has 0 unspecified atom stereocenters. The van der Waals surface area contributed by atoms with Crippen LogP contribution in [0.2, 0.25) is 0 Å². The van der Waals surface area contributed by atoms with E-state index in [-0.39, 0.29) is 5.56 Å². The van der Waals surface area contributed by atoms with Gasteiger partial charge in [-0.3, -0.25) is 4.79 Å². The van der Waals surface area contributed by atoms with E-state index in [1.54, 1.807) is 13.0 Å². The fourth-order valence-electron chi connectivity index (χ4n) is 2.66. The fourth-order valence-corrected chi connectivity index (χ4v) is 2.66. The lowest BCUT2D eigenvalue weighted by Gasteiger charge is -2.21. The number of aryl methyl sites for hydroxylation is 2. The highest BCUT2D eigenvalue weighted by atomic mass is 19.1. The van der Waals surface area contributed by atoms with Gasteiger partial charge in [-0.15, -0.1) is 0 Å². The second kappa shape index (κ2) is 5.06. The zero-order valence-electron chi connectivity index (χ0n) is 11.5. The van der Waals surface area contributed by atoms with E-state index in [0.717, 1.165) is 18.4 Å². The highest BCUT2D eigenvalue weighted by Gasteiger charge is 2.21. The predicted molar refractivity (Wildman–Crippen MR) is 75.7 cm³/mol. The summed E-state index contributed by atoms with van der Waals surface area (Å²) in [4.78, 5) is 14.5. The van der Waals surface area contributed by atoms with Crippen molar-refractivity contribution in [1.82, 2.24) is 4.98 Å². The van der Waals surface area contributed by atoms with E-state index in [9.17, 15) is 14.4 Å². The minimum Gasteiger partial charge on any atom is -0.493 e. The standard InChI is InChI=1S/C16H13FN2O2/c1-9-5-12(14(8-18)16(20)19-9)13-7-11(17)6-10-3-2-4-21-15(10)13/h5-7H,2-4H2,1H3,(H,19,20). The third-order valence-electron chi connectivity index (χ3n) is 3.54. The van der Waals surface area contributed by atoms with Crippen molar-refractivity contribution >= 4 is 0 Å². The maximum atomic E-state index is 13.9. The summed E-state index contributed by atoms with van der Waals surface area (Å²) in [6.07, 6.45) is 1.56. The normalized spacial score (nSPS) is 13.2. The molecule has 1 aliphatic rings. The number of hydrogen-bond donors (Lipinski definition) is 1. The average molecular weight is 284 g/mol. The summed E-state index contributed by atoms with van der Waals surface area (Å²) < 4.78 is 19.5. The number of rotatable bonds is 1. The van der Waals surface area contributed by atoms with Gasteiger partial charge in [0, 0.05) is 16.8 Å². The van der Waals surface area contributed by atoms with Crippen molar-refractivity contribution in [1.29, 1.82) is 5.26 Å². The van der Waals surface area contributed by atoms with Crippen LogP contribution in [0.3, 0.4) is 0 Å². The number of aromatic amines is 1. The lowest BCUT2D eigenvalue weighted by Crippen LogP contribution is -2.14. The smallest absolute Gasteiger partial charge is 0.266 e. The number of halogens is 1. The van der Waals surface area contributed by atoms with Gasteiger partial charge in [0.2, 0.25) is 0 Å². The van der Waals surface area contributed by atoms with Crippen LogP contribution in [0.15, 0.2) is 23.0 Å². The highest BCUT2D eigenvalue weighted by Crippen LogP contribution is 2.38. The molecule has 21 heavy (non-hydrogen) atoms. The molecule has 0 atom stereocenters. The fraction of sp³-hybridized carbons (Fsp3) is 0.250. The Hall–Kier alpha value is -2.61. The van der Waals surface area contributed by atoms with Gasteiger partial charge in [-0.25, -0.2) is 4.39 Å². The molecule has 2 aromatic rings. The van der Waals surface area contributed by atoms with Crippen molar-refractivity contribution in [2.45, 2.75) is 19.8 Å². The maximum Gasteiger partial charge on any atom is 0.266 e. The first kappa shape index (κ1) is 13.4. The first-order valence-corrected chi connectivity index (χ1v) is 6.70. The minimum atomic E-state index is -0.471. The van der Waals surface area contributed by atoms with E-state index in [1.807, 2.05) is 6.07 Å². The second-order valence-corrected chi connectivity index (χ2v) is 5.08. The summed E-state index contributed by atoms with van der Waals surface area (Å²) in [5.74, 6) is 0.181. The number of H-pyrrole nitrogens is 1. The summed E-state index contributed by atoms with van der Waals surface area (Å²) in [7, 11) is 0. The Bertz CT molecular complexity index is 818. The van der Waals surface area contributed by atoms with Crippen molar-refractivity contribution in [2.75, 3.05) is 6.61 Å². The summed E-state index contributed by atoms with van der Waals surface area (Å²) in [5.41, 5.74) is 1.77. The Kier molecular flexibility index (Phi) is 3.22. The molecule has 0 saturated carbocycles. The summed E-state index contributed by atoms with van der Waals surface area (Å²) in [6.45, 7) is 2.27. The number of nitrogens with one attached hydrogen (secondary N) is 1. The molecule has 0 radical (unpaired) electrons. The summed E-state index contributed by atoms with van der Waals surface area (Å²) in [5, 5.41) is 9.22. The first-order valence-electron chi connectivity index (χ1n) is 6.70. The van der Waals surface area contributed by atoms with E-state index in [2.05, 4.69) is 4.98 Å². The van der Waals surface area contributed by atoms with E-state index in [1.165, 1.54) is 12.1 Å². The minimum absolute atomic E-state index is 0.0254. The van der Waals surface area contributed by atoms with Gasteiger partial charge in [0.25, 0.3) is 5.56 Å². The molecule has 0 spiro atoms.